The van der Waals surface area contributed by atoms with Crippen LogP contribution in [-0.4, -0.2) is 35.9 Å². The number of ether oxygens (including phenoxy) is 1. The van der Waals surface area contributed by atoms with Gasteiger partial charge in [-0.05, 0) is 47.9 Å². The molecule has 0 bridgehead atoms. The number of benzene rings is 3. The van der Waals surface area contributed by atoms with E-state index < -0.39 is 6.04 Å². The standard InChI is InChI=1S/C28H29Cl3N2O3/c1-2-3-14-32-28(35)26(16-20-8-5-4-6-9-20)33(18-21-12-13-24(30)25(31)15-21)27(34)19-36-23-11-7-10-22(29)17-23/h4-13,15,17,26H,2-3,14,16,18-19H2,1H3,(H,32,35). The SMILES string of the molecule is CCCCNC(=O)C(Cc1ccccc1)N(Cc1ccc(Cl)c(Cl)c1)C(=O)COc1cccc(Cl)c1. The third-order valence-electron chi connectivity index (χ3n) is 5.60. The minimum Gasteiger partial charge on any atom is -0.484 e. The lowest BCUT2D eigenvalue weighted by Crippen LogP contribution is -2.51. The Balaban J connectivity index is 1.90. The molecule has 1 unspecified atom stereocenters. The van der Waals surface area contributed by atoms with Crippen molar-refractivity contribution in [2.75, 3.05) is 13.2 Å². The van der Waals surface area contributed by atoms with Gasteiger partial charge in [-0.3, -0.25) is 9.59 Å². The third kappa shape index (κ3) is 8.44. The fraction of sp³-hybridized carbons (Fsp3) is 0.286. The second-order valence-corrected chi connectivity index (χ2v) is 9.62. The van der Waals surface area contributed by atoms with Crippen molar-refractivity contribution in [2.45, 2.75) is 38.8 Å². The van der Waals surface area contributed by atoms with Gasteiger partial charge < -0.3 is 15.0 Å². The number of hydrogen-bond donors (Lipinski definition) is 1. The zero-order valence-electron chi connectivity index (χ0n) is 20.1. The molecule has 36 heavy (non-hydrogen) atoms. The van der Waals surface area contributed by atoms with Gasteiger partial charge in [-0.2, -0.15) is 0 Å². The highest BCUT2D eigenvalue weighted by atomic mass is 35.5. The molecule has 3 aromatic carbocycles. The van der Waals surface area contributed by atoms with Gasteiger partial charge in [-0.1, -0.05) is 90.6 Å². The summed E-state index contributed by atoms with van der Waals surface area (Å²) in [5, 5.41) is 4.29. The van der Waals surface area contributed by atoms with Crippen molar-refractivity contribution in [3.63, 3.8) is 0 Å². The van der Waals surface area contributed by atoms with E-state index in [1.54, 1.807) is 47.4 Å². The molecule has 0 fully saturated rings. The fourth-order valence-corrected chi connectivity index (χ4v) is 4.18. The van der Waals surface area contributed by atoms with Gasteiger partial charge >= 0.3 is 0 Å². The Kier molecular flexibility index (Phi) is 10.9. The van der Waals surface area contributed by atoms with E-state index in [0.717, 1.165) is 24.0 Å². The smallest absolute Gasteiger partial charge is 0.261 e. The average molecular weight is 548 g/mol. The molecule has 1 atom stereocenters. The lowest BCUT2D eigenvalue weighted by molar-refractivity contribution is -0.142. The van der Waals surface area contributed by atoms with E-state index in [-0.39, 0.29) is 25.0 Å². The van der Waals surface area contributed by atoms with Crippen LogP contribution in [0.5, 0.6) is 5.75 Å². The van der Waals surface area contributed by atoms with Crippen LogP contribution in [0.4, 0.5) is 0 Å². The van der Waals surface area contributed by atoms with Crippen LogP contribution in [0, 0.1) is 0 Å². The Hall–Kier alpha value is -2.73. The first kappa shape index (κ1) is 27.9. The maximum Gasteiger partial charge on any atom is 0.261 e. The largest absolute Gasteiger partial charge is 0.484 e. The second-order valence-electron chi connectivity index (χ2n) is 8.37. The van der Waals surface area contributed by atoms with Gasteiger partial charge in [0.15, 0.2) is 6.61 Å². The molecule has 0 spiro atoms. The molecular weight excluding hydrogens is 519 g/mol. The Morgan fingerprint density at radius 3 is 2.39 bits per heavy atom. The summed E-state index contributed by atoms with van der Waals surface area (Å²) in [5.41, 5.74) is 1.69. The maximum absolute atomic E-state index is 13.6. The summed E-state index contributed by atoms with van der Waals surface area (Å²) in [5.74, 6) is -0.0894. The van der Waals surface area contributed by atoms with Gasteiger partial charge in [-0.15, -0.1) is 0 Å². The van der Waals surface area contributed by atoms with Gasteiger partial charge in [0.25, 0.3) is 5.91 Å². The molecule has 190 valence electrons. The first-order chi connectivity index (χ1) is 17.4. The Morgan fingerprint density at radius 2 is 1.69 bits per heavy atom. The summed E-state index contributed by atoms with van der Waals surface area (Å²) in [7, 11) is 0. The number of nitrogens with zero attached hydrogens (tertiary/aromatic N) is 1. The molecule has 5 nitrogen and oxygen atoms in total. The van der Waals surface area contributed by atoms with Crippen molar-refractivity contribution in [2.24, 2.45) is 0 Å². The molecule has 0 saturated heterocycles. The summed E-state index contributed by atoms with van der Waals surface area (Å²) in [6.07, 6.45) is 2.15. The average Bonchev–Trinajstić information content (AvgIpc) is 2.87. The number of rotatable bonds is 12. The summed E-state index contributed by atoms with van der Waals surface area (Å²) >= 11 is 18.4. The quantitative estimate of drug-likeness (QED) is 0.261. The van der Waals surface area contributed by atoms with E-state index in [1.165, 1.54) is 0 Å². The number of carbonyl (C=O) groups excluding carboxylic acids is 2. The van der Waals surface area contributed by atoms with Crippen LogP contribution >= 0.6 is 34.8 Å². The Labute approximate surface area is 227 Å². The van der Waals surface area contributed by atoms with Crippen molar-refractivity contribution < 1.29 is 14.3 Å². The summed E-state index contributed by atoms with van der Waals surface area (Å²) in [6.45, 7) is 2.50. The zero-order valence-corrected chi connectivity index (χ0v) is 22.3. The molecule has 0 saturated carbocycles. The molecule has 0 aromatic heterocycles. The van der Waals surface area contributed by atoms with E-state index in [2.05, 4.69) is 12.2 Å². The Bertz CT molecular complexity index is 1160. The summed E-state index contributed by atoms with van der Waals surface area (Å²) in [6, 6.07) is 20.9. The molecule has 0 aliphatic rings. The monoisotopic (exact) mass is 546 g/mol. The van der Waals surface area contributed by atoms with Gasteiger partial charge in [0.2, 0.25) is 5.91 Å². The minimum atomic E-state index is -0.755. The lowest BCUT2D eigenvalue weighted by Gasteiger charge is -2.31. The van der Waals surface area contributed by atoms with Crippen molar-refractivity contribution in [3.8, 4) is 5.75 Å². The van der Waals surface area contributed by atoms with E-state index in [9.17, 15) is 9.59 Å². The summed E-state index contributed by atoms with van der Waals surface area (Å²) in [4.78, 5) is 28.5. The third-order valence-corrected chi connectivity index (χ3v) is 6.57. The lowest BCUT2D eigenvalue weighted by atomic mass is 10.0. The highest BCUT2D eigenvalue weighted by Gasteiger charge is 2.30. The summed E-state index contributed by atoms with van der Waals surface area (Å²) < 4.78 is 5.73. The van der Waals surface area contributed by atoms with Crippen LogP contribution in [0.3, 0.4) is 0 Å². The predicted molar refractivity (Wildman–Crippen MR) is 146 cm³/mol. The molecule has 8 heteroatoms. The molecule has 0 heterocycles. The van der Waals surface area contributed by atoms with Crippen LogP contribution < -0.4 is 10.1 Å². The molecule has 3 rings (SSSR count). The van der Waals surface area contributed by atoms with E-state index in [0.29, 0.717) is 33.8 Å². The highest BCUT2D eigenvalue weighted by molar-refractivity contribution is 6.42. The first-order valence-corrected chi connectivity index (χ1v) is 12.9. The van der Waals surface area contributed by atoms with E-state index in [4.69, 9.17) is 39.5 Å². The van der Waals surface area contributed by atoms with Crippen molar-refractivity contribution in [3.05, 3.63) is 99.0 Å². The topological polar surface area (TPSA) is 58.6 Å². The molecule has 1 N–H and O–H groups in total. The molecule has 0 radical (unpaired) electrons. The first-order valence-electron chi connectivity index (χ1n) is 11.8. The number of hydrogen-bond acceptors (Lipinski definition) is 3. The predicted octanol–water partition coefficient (Wildman–Crippen LogP) is 6.58. The van der Waals surface area contributed by atoms with Crippen molar-refractivity contribution in [1.29, 1.82) is 0 Å². The normalized spacial score (nSPS) is 11.6. The van der Waals surface area contributed by atoms with Gasteiger partial charge in [0.1, 0.15) is 11.8 Å². The molecule has 2 amide bonds. The highest BCUT2D eigenvalue weighted by Crippen LogP contribution is 2.24. The number of carbonyl (C=O) groups is 2. The van der Waals surface area contributed by atoms with Crippen LogP contribution in [0.2, 0.25) is 15.1 Å². The number of nitrogens with one attached hydrogen (secondary N) is 1. The number of unbranched alkanes of at least 4 members (excludes halogenated alkanes) is 1. The van der Waals surface area contributed by atoms with E-state index >= 15 is 0 Å². The van der Waals surface area contributed by atoms with E-state index in [1.807, 2.05) is 30.3 Å². The van der Waals surface area contributed by atoms with Gasteiger partial charge in [0.05, 0.1) is 10.0 Å². The minimum absolute atomic E-state index is 0.160. The van der Waals surface area contributed by atoms with Crippen LogP contribution in [0.25, 0.3) is 0 Å². The molecule has 0 aliphatic heterocycles. The van der Waals surface area contributed by atoms with Gasteiger partial charge in [-0.25, -0.2) is 0 Å². The maximum atomic E-state index is 13.6. The zero-order chi connectivity index (χ0) is 25.9. The molecular formula is C28H29Cl3N2O3. The number of halogens is 3. The molecule has 0 aliphatic carbocycles. The fourth-order valence-electron chi connectivity index (χ4n) is 3.68. The van der Waals surface area contributed by atoms with Crippen molar-refractivity contribution in [1.82, 2.24) is 10.2 Å². The van der Waals surface area contributed by atoms with Crippen LogP contribution in [-0.2, 0) is 22.6 Å². The van der Waals surface area contributed by atoms with Crippen LogP contribution in [0.15, 0.2) is 72.8 Å². The van der Waals surface area contributed by atoms with Gasteiger partial charge in [0, 0.05) is 24.5 Å². The second kappa shape index (κ2) is 14.1. The number of amides is 2. The molecule has 3 aromatic rings. The Morgan fingerprint density at radius 1 is 0.917 bits per heavy atom. The van der Waals surface area contributed by atoms with Crippen LogP contribution in [0.1, 0.15) is 30.9 Å². The van der Waals surface area contributed by atoms with Crippen molar-refractivity contribution >= 4 is 46.6 Å².